The molecule has 0 saturated carbocycles. The topological polar surface area (TPSA) is 34.1 Å². The van der Waals surface area contributed by atoms with Crippen LogP contribution in [0, 0.1) is 6.92 Å². The Morgan fingerprint density at radius 3 is 2.00 bits per heavy atom. The summed E-state index contributed by atoms with van der Waals surface area (Å²) >= 11 is 2.47. The fraction of sp³-hybridized carbons (Fsp3) is 0.667. The number of rotatable bonds is 2. The van der Waals surface area contributed by atoms with Gasteiger partial charge in [-0.3, -0.25) is 0 Å². The van der Waals surface area contributed by atoms with Crippen molar-refractivity contribution in [1.29, 1.82) is 0 Å². The third-order valence-electron chi connectivity index (χ3n) is 0.388. The second-order valence-electron chi connectivity index (χ2n) is 1.10. The van der Waals surface area contributed by atoms with E-state index in [1.165, 1.54) is 0 Å². The monoisotopic (exact) mass is 185 g/mol. The molecule has 0 aliphatic heterocycles. The van der Waals surface area contributed by atoms with Crippen LogP contribution in [0.3, 0.4) is 0 Å². The Kier molecular flexibility index (Phi) is 2.83. The summed E-state index contributed by atoms with van der Waals surface area (Å²) in [6.07, 6.45) is 0.424. The van der Waals surface area contributed by atoms with Crippen molar-refractivity contribution in [3.63, 3.8) is 0 Å². The molecule has 0 N–H and O–H groups in total. The Morgan fingerprint density at radius 1 is 1.57 bits per heavy atom. The van der Waals surface area contributed by atoms with Crippen molar-refractivity contribution in [1.82, 2.24) is 0 Å². The Morgan fingerprint density at radius 2 is 2.00 bits per heavy atom. The molecule has 0 unspecified atom stereocenters. The second kappa shape index (κ2) is 2.67. The molecule has 0 bridgehead atoms. The van der Waals surface area contributed by atoms with Gasteiger partial charge in [-0.05, 0) is 6.42 Å². The predicted molar refractivity (Wildman–Crippen MR) is 32.7 cm³/mol. The summed E-state index contributed by atoms with van der Waals surface area (Å²) in [4.78, 5) is 0. The molecule has 0 amide bonds. The standard InChI is InChI=1S/C3H6BrO2S/c1-2-3-7(4,5)6/h1-3H2. The van der Waals surface area contributed by atoms with Crippen molar-refractivity contribution in [3.05, 3.63) is 6.92 Å². The highest BCUT2D eigenvalue weighted by atomic mass is 79.9. The van der Waals surface area contributed by atoms with Gasteiger partial charge in [0.1, 0.15) is 0 Å². The SMILES string of the molecule is [CH2]CCS(=O)(=O)Br. The average molecular weight is 186 g/mol. The van der Waals surface area contributed by atoms with Gasteiger partial charge in [0, 0.05) is 0 Å². The van der Waals surface area contributed by atoms with E-state index in [1.54, 1.807) is 0 Å². The van der Waals surface area contributed by atoms with E-state index in [-0.39, 0.29) is 5.75 Å². The molecule has 2 nitrogen and oxygen atoms in total. The van der Waals surface area contributed by atoms with Crippen molar-refractivity contribution in [2.24, 2.45) is 0 Å². The van der Waals surface area contributed by atoms with E-state index in [0.717, 1.165) is 0 Å². The molecule has 43 valence electrons. The maximum atomic E-state index is 10.1. The van der Waals surface area contributed by atoms with Crippen LogP contribution in [0.15, 0.2) is 0 Å². The molecule has 0 fully saturated rings. The lowest BCUT2D eigenvalue weighted by molar-refractivity contribution is 0.611. The summed E-state index contributed by atoms with van der Waals surface area (Å²) in [6.45, 7) is 3.36. The van der Waals surface area contributed by atoms with Gasteiger partial charge in [-0.25, -0.2) is 8.42 Å². The summed E-state index contributed by atoms with van der Waals surface area (Å²) < 4.78 is 20.2. The van der Waals surface area contributed by atoms with Gasteiger partial charge in [0.15, 0.2) is 0 Å². The van der Waals surface area contributed by atoms with Gasteiger partial charge in [0.2, 0.25) is 8.27 Å². The van der Waals surface area contributed by atoms with E-state index in [9.17, 15) is 8.42 Å². The normalized spacial score (nSPS) is 11.7. The molecule has 0 aromatic heterocycles. The summed E-state index contributed by atoms with van der Waals surface area (Å²) in [6, 6.07) is 0. The molecule has 0 aliphatic rings. The Balaban J connectivity index is 3.60. The first-order valence-corrected chi connectivity index (χ1v) is 5.27. The zero-order valence-corrected chi connectivity index (χ0v) is 6.13. The molecule has 0 heterocycles. The minimum absolute atomic E-state index is 0.118. The molecule has 1 radical (unpaired) electrons. The first-order valence-electron chi connectivity index (χ1n) is 1.78. The van der Waals surface area contributed by atoms with Crippen molar-refractivity contribution >= 4 is 23.1 Å². The predicted octanol–water partition coefficient (Wildman–Crippen LogP) is 0.935. The van der Waals surface area contributed by atoms with E-state index in [1.807, 2.05) is 0 Å². The fourth-order valence-corrected chi connectivity index (χ4v) is 1.20. The third-order valence-corrected chi connectivity index (χ3v) is 2.14. The largest absolute Gasteiger partial charge is 0.217 e. The van der Waals surface area contributed by atoms with Crippen LogP contribution < -0.4 is 0 Å². The lowest BCUT2D eigenvalue weighted by atomic mass is 10.6. The molecule has 0 rings (SSSR count). The zero-order valence-electron chi connectivity index (χ0n) is 3.72. The van der Waals surface area contributed by atoms with Gasteiger partial charge in [0.25, 0.3) is 0 Å². The van der Waals surface area contributed by atoms with Crippen molar-refractivity contribution in [2.75, 3.05) is 5.75 Å². The molecule has 0 saturated heterocycles. The van der Waals surface area contributed by atoms with Gasteiger partial charge in [0.05, 0.1) is 20.6 Å². The zero-order chi connectivity index (χ0) is 5.91. The van der Waals surface area contributed by atoms with Gasteiger partial charge < -0.3 is 0 Å². The summed E-state index contributed by atoms with van der Waals surface area (Å²) in [7, 11) is -2.92. The highest BCUT2D eigenvalue weighted by Crippen LogP contribution is 2.00. The highest BCUT2D eigenvalue weighted by Gasteiger charge is 1.98. The average Bonchev–Trinajstić information content (AvgIpc) is 1.30. The van der Waals surface area contributed by atoms with E-state index >= 15 is 0 Å². The first-order chi connectivity index (χ1) is 3.06. The van der Waals surface area contributed by atoms with Crippen molar-refractivity contribution < 1.29 is 8.42 Å². The minimum Gasteiger partial charge on any atom is -0.217 e. The molecule has 7 heavy (non-hydrogen) atoms. The summed E-state index contributed by atoms with van der Waals surface area (Å²) in [5, 5.41) is 0. The van der Waals surface area contributed by atoms with E-state index < -0.39 is 8.27 Å². The van der Waals surface area contributed by atoms with Gasteiger partial charge in [-0.1, -0.05) is 6.92 Å². The van der Waals surface area contributed by atoms with Crippen LogP contribution in [0.5, 0.6) is 0 Å². The maximum Gasteiger partial charge on any atom is 0.209 e. The molecule has 4 heteroatoms. The van der Waals surface area contributed by atoms with Crippen molar-refractivity contribution in [2.45, 2.75) is 6.42 Å². The molecule has 0 aromatic carbocycles. The third kappa shape index (κ3) is 6.43. The first kappa shape index (κ1) is 7.43. The quantitative estimate of drug-likeness (QED) is 0.601. The van der Waals surface area contributed by atoms with Crippen LogP contribution in [0.4, 0.5) is 0 Å². The molecule has 0 atom stereocenters. The molecule has 0 aromatic rings. The summed E-state index contributed by atoms with van der Waals surface area (Å²) in [5.41, 5.74) is 0. The van der Waals surface area contributed by atoms with Crippen LogP contribution >= 0.6 is 14.8 Å². The lowest BCUT2D eigenvalue weighted by Crippen LogP contribution is -1.92. The smallest absolute Gasteiger partial charge is 0.209 e. The fourth-order valence-electron chi connectivity index (χ4n) is 0.172. The van der Waals surface area contributed by atoms with Crippen LogP contribution in [0.2, 0.25) is 0 Å². The van der Waals surface area contributed by atoms with E-state index in [4.69, 9.17) is 0 Å². The van der Waals surface area contributed by atoms with Crippen molar-refractivity contribution in [3.8, 4) is 0 Å². The lowest BCUT2D eigenvalue weighted by Gasteiger charge is -1.84. The maximum absolute atomic E-state index is 10.1. The molecular weight excluding hydrogens is 180 g/mol. The van der Waals surface area contributed by atoms with Gasteiger partial charge in [-0.2, -0.15) is 0 Å². The highest BCUT2D eigenvalue weighted by molar-refractivity contribution is 9.47. The number of hydrogen-bond donors (Lipinski definition) is 0. The van der Waals surface area contributed by atoms with Gasteiger partial charge >= 0.3 is 0 Å². The Bertz CT molecular complexity index is 126. The minimum atomic E-state index is -2.92. The Hall–Kier alpha value is 0.430. The summed E-state index contributed by atoms with van der Waals surface area (Å²) in [5.74, 6) is 0.118. The number of halogens is 1. The van der Waals surface area contributed by atoms with Crippen LogP contribution in [-0.2, 0) is 8.27 Å². The van der Waals surface area contributed by atoms with E-state index in [0.29, 0.717) is 6.42 Å². The Labute approximate surface area is 51.0 Å². The van der Waals surface area contributed by atoms with Crippen LogP contribution in [0.1, 0.15) is 6.42 Å². The van der Waals surface area contributed by atoms with E-state index in [2.05, 4.69) is 21.7 Å². The van der Waals surface area contributed by atoms with Crippen LogP contribution in [0.25, 0.3) is 0 Å². The van der Waals surface area contributed by atoms with Gasteiger partial charge in [-0.15, -0.1) is 0 Å². The second-order valence-corrected chi connectivity index (χ2v) is 5.54. The molecular formula is C3H6BrO2S. The van der Waals surface area contributed by atoms with Crippen LogP contribution in [-0.4, -0.2) is 14.2 Å². The number of hydrogen-bond acceptors (Lipinski definition) is 2. The molecule has 0 aliphatic carbocycles. The molecule has 0 spiro atoms.